The Morgan fingerprint density at radius 2 is 0.857 bits per heavy atom. The molecule has 28 heavy (non-hydrogen) atoms. The third-order valence-electron chi connectivity index (χ3n) is 9.39. The molecule has 6 fully saturated rings. The quantitative estimate of drug-likeness (QED) is 0.739. The molecule has 0 aromatic heterocycles. The smallest absolute Gasteiger partial charge is 0.111 e. The Labute approximate surface area is 170 Å². The van der Waals surface area contributed by atoms with Gasteiger partial charge in [0.1, 0.15) is 12.5 Å². The summed E-state index contributed by atoms with van der Waals surface area (Å²) in [7, 11) is 0. The zero-order chi connectivity index (χ0) is 18.5. The van der Waals surface area contributed by atoms with Gasteiger partial charge in [0.25, 0.3) is 0 Å². The normalized spacial score (nSPS) is 54.0. The lowest BCUT2D eigenvalue weighted by molar-refractivity contribution is -0.0995. The molecule has 2 heterocycles. The molecule has 4 saturated carbocycles. The van der Waals surface area contributed by atoms with E-state index in [1.165, 1.54) is 89.9 Å². The lowest BCUT2D eigenvalue weighted by Gasteiger charge is -2.49. The van der Waals surface area contributed by atoms with Crippen molar-refractivity contribution in [3.63, 3.8) is 0 Å². The lowest BCUT2D eigenvalue weighted by Crippen LogP contribution is -2.50. The summed E-state index contributed by atoms with van der Waals surface area (Å²) in [5.41, 5.74) is 0. The Balaban J connectivity index is 1.16. The first-order valence-corrected chi connectivity index (χ1v) is 12.7. The van der Waals surface area contributed by atoms with E-state index in [2.05, 4.69) is 10.6 Å². The third kappa shape index (κ3) is 3.27. The minimum atomic E-state index is 0.333. The van der Waals surface area contributed by atoms with E-state index in [1.54, 1.807) is 0 Å². The van der Waals surface area contributed by atoms with Gasteiger partial charge in [-0.25, -0.2) is 0 Å². The van der Waals surface area contributed by atoms with Crippen molar-refractivity contribution in [3.8, 4) is 0 Å². The van der Waals surface area contributed by atoms with Gasteiger partial charge in [0.15, 0.2) is 0 Å². The van der Waals surface area contributed by atoms with Gasteiger partial charge in [0.2, 0.25) is 0 Å². The predicted octanol–water partition coefficient (Wildman–Crippen LogP) is 4.33. The molecule has 0 radical (unpaired) electrons. The first-order chi connectivity index (χ1) is 13.9. The first-order valence-electron chi connectivity index (χ1n) is 12.7. The van der Waals surface area contributed by atoms with Gasteiger partial charge in [-0.3, -0.25) is 10.6 Å². The largest absolute Gasteiger partial charge is 0.358 e. The Hall–Kier alpha value is -0.160. The molecule has 4 aliphatic carbocycles. The standard InChI is InChI=1S/C24H40N2O2/c1-2-8-16-15(7-1)17(23-25-19-9-3-5-11-21(19)27-23)13-14-18(16)24-26-20-10-4-6-12-22(20)28-24/h15-26H,1-14H2. The molecule has 2 aliphatic heterocycles. The summed E-state index contributed by atoms with van der Waals surface area (Å²) in [5.74, 6) is 3.16. The molecule has 0 spiro atoms. The summed E-state index contributed by atoms with van der Waals surface area (Å²) in [6.45, 7) is 0. The van der Waals surface area contributed by atoms with Crippen LogP contribution in [0.4, 0.5) is 0 Å². The highest BCUT2D eigenvalue weighted by Crippen LogP contribution is 2.51. The van der Waals surface area contributed by atoms with E-state index in [4.69, 9.17) is 9.47 Å². The van der Waals surface area contributed by atoms with Crippen molar-refractivity contribution in [1.82, 2.24) is 10.6 Å². The van der Waals surface area contributed by atoms with Crippen LogP contribution in [0, 0.1) is 23.7 Å². The van der Waals surface area contributed by atoms with Gasteiger partial charge in [0.05, 0.1) is 12.2 Å². The molecular formula is C24H40N2O2. The number of hydrogen-bond donors (Lipinski definition) is 2. The van der Waals surface area contributed by atoms with Crippen molar-refractivity contribution in [2.24, 2.45) is 23.7 Å². The number of nitrogens with one attached hydrogen (secondary N) is 2. The van der Waals surface area contributed by atoms with Crippen molar-refractivity contribution in [2.75, 3.05) is 0 Å². The van der Waals surface area contributed by atoms with E-state index in [9.17, 15) is 0 Å². The summed E-state index contributed by atoms with van der Waals surface area (Å²) in [6.07, 6.45) is 20.7. The molecule has 2 N–H and O–H groups in total. The van der Waals surface area contributed by atoms with E-state index in [-0.39, 0.29) is 0 Å². The van der Waals surface area contributed by atoms with Crippen LogP contribution < -0.4 is 10.6 Å². The molecule has 0 bridgehead atoms. The van der Waals surface area contributed by atoms with Crippen molar-refractivity contribution in [2.45, 2.75) is 127 Å². The molecule has 0 aromatic carbocycles. The molecule has 10 atom stereocenters. The van der Waals surface area contributed by atoms with E-state index >= 15 is 0 Å². The van der Waals surface area contributed by atoms with Crippen LogP contribution in [0.2, 0.25) is 0 Å². The van der Waals surface area contributed by atoms with Gasteiger partial charge < -0.3 is 9.47 Å². The minimum absolute atomic E-state index is 0.333. The monoisotopic (exact) mass is 388 g/mol. The van der Waals surface area contributed by atoms with E-state index < -0.39 is 0 Å². The van der Waals surface area contributed by atoms with Crippen LogP contribution in [0.5, 0.6) is 0 Å². The number of rotatable bonds is 2. The molecule has 2 saturated heterocycles. The highest BCUT2D eigenvalue weighted by atomic mass is 16.5. The summed E-state index contributed by atoms with van der Waals surface area (Å²) in [6, 6.07) is 1.28. The Morgan fingerprint density at radius 3 is 1.32 bits per heavy atom. The van der Waals surface area contributed by atoms with Crippen LogP contribution >= 0.6 is 0 Å². The summed E-state index contributed by atoms with van der Waals surface area (Å²) < 4.78 is 13.3. The Kier molecular flexibility index (Phi) is 5.20. The van der Waals surface area contributed by atoms with Crippen LogP contribution in [-0.4, -0.2) is 36.7 Å². The van der Waals surface area contributed by atoms with Crippen LogP contribution in [0.1, 0.15) is 89.9 Å². The van der Waals surface area contributed by atoms with Crippen LogP contribution in [0.3, 0.4) is 0 Å². The fourth-order valence-electron chi connectivity index (χ4n) is 8.04. The number of hydrogen-bond acceptors (Lipinski definition) is 4. The zero-order valence-electron chi connectivity index (χ0n) is 17.5. The fourth-order valence-corrected chi connectivity index (χ4v) is 8.04. The Bertz CT molecular complexity index is 481. The summed E-state index contributed by atoms with van der Waals surface area (Å²) in [5, 5.41) is 7.90. The Morgan fingerprint density at radius 1 is 0.429 bits per heavy atom. The minimum Gasteiger partial charge on any atom is -0.358 e. The maximum Gasteiger partial charge on any atom is 0.111 e. The number of ether oxygens (including phenoxy) is 2. The second-order valence-electron chi connectivity index (χ2n) is 10.8. The van der Waals surface area contributed by atoms with Gasteiger partial charge in [-0.1, -0.05) is 38.5 Å². The maximum absolute atomic E-state index is 6.63. The molecule has 0 amide bonds. The molecular weight excluding hydrogens is 348 g/mol. The molecule has 6 aliphatic rings. The summed E-state index contributed by atoms with van der Waals surface area (Å²) in [4.78, 5) is 0. The summed E-state index contributed by atoms with van der Waals surface area (Å²) >= 11 is 0. The second-order valence-corrected chi connectivity index (χ2v) is 10.8. The van der Waals surface area contributed by atoms with Gasteiger partial charge in [-0.2, -0.15) is 0 Å². The van der Waals surface area contributed by atoms with Gasteiger partial charge in [0, 0.05) is 23.9 Å². The van der Waals surface area contributed by atoms with E-state index in [1.807, 2.05) is 0 Å². The molecule has 10 unspecified atom stereocenters. The van der Waals surface area contributed by atoms with Crippen LogP contribution in [0.15, 0.2) is 0 Å². The third-order valence-corrected chi connectivity index (χ3v) is 9.39. The van der Waals surface area contributed by atoms with E-state index in [0.717, 1.165) is 23.7 Å². The SMILES string of the molecule is C1CCC2OC(C3CCC(C4NC5CCCCC5O4)C4CCCCC34)NC2C1. The fraction of sp³-hybridized carbons (Fsp3) is 1.00. The topological polar surface area (TPSA) is 42.5 Å². The average molecular weight is 389 g/mol. The second kappa shape index (κ2) is 7.83. The average Bonchev–Trinajstić information content (AvgIpc) is 3.37. The molecule has 6 rings (SSSR count). The highest BCUT2D eigenvalue weighted by Gasteiger charge is 2.51. The van der Waals surface area contributed by atoms with Crippen molar-refractivity contribution >= 4 is 0 Å². The van der Waals surface area contributed by atoms with Gasteiger partial charge >= 0.3 is 0 Å². The van der Waals surface area contributed by atoms with Crippen LogP contribution in [0.25, 0.3) is 0 Å². The molecule has 0 aromatic rings. The van der Waals surface area contributed by atoms with Crippen molar-refractivity contribution in [3.05, 3.63) is 0 Å². The number of fused-ring (bicyclic) bond motifs is 3. The molecule has 158 valence electrons. The predicted molar refractivity (Wildman–Crippen MR) is 110 cm³/mol. The zero-order valence-corrected chi connectivity index (χ0v) is 17.5. The molecule has 4 nitrogen and oxygen atoms in total. The van der Waals surface area contributed by atoms with E-state index in [0.29, 0.717) is 36.7 Å². The van der Waals surface area contributed by atoms with Gasteiger partial charge in [-0.05, 0) is 63.2 Å². The van der Waals surface area contributed by atoms with Crippen molar-refractivity contribution < 1.29 is 9.47 Å². The first kappa shape index (κ1) is 18.6. The molecule has 4 heteroatoms. The van der Waals surface area contributed by atoms with Gasteiger partial charge in [-0.15, -0.1) is 0 Å². The maximum atomic E-state index is 6.63. The highest BCUT2D eigenvalue weighted by molar-refractivity contribution is 5.00. The van der Waals surface area contributed by atoms with Crippen LogP contribution in [-0.2, 0) is 9.47 Å². The lowest BCUT2D eigenvalue weighted by atomic mass is 9.60. The van der Waals surface area contributed by atoms with Crippen molar-refractivity contribution in [1.29, 1.82) is 0 Å².